The molecule has 1 heterocycles. The Labute approximate surface area is 98.5 Å². The first-order valence-electron chi connectivity index (χ1n) is 5.59. The van der Waals surface area contributed by atoms with Gasteiger partial charge in [-0.1, -0.05) is 5.16 Å². The van der Waals surface area contributed by atoms with Crippen molar-refractivity contribution >= 4 is 11.9 Å². The third-order valence-electron chi connectivity index (χ3n) is 2.50. The summed E-state index contributed by atoms with van der Waals surface area (Å²) in [5.74, 6) is -0.550. The molecular formula is C11H14N2O4. The van der Waals surface area contributed by atoms with Crippen molar-refractivity contribution in [1.29, 1.82) is 0 Å². The number of aromatic nitrogens is 1. The highest BCUT2D eigenvalue weighted by molar-refractivity contribution is 5.93. The number of amides is 1. The van der Waals surface area contributed by atoms with Gasteiger partial charge < -0.3 is 14.2 Å². The van der Waals surface area contributed by atoms with Crippen molar-refractivity contribution in [1.82, 2.24) is 10.1 Å². The Morgan fingerprint density at radius 2 is 2.35 bits per heavy atom. The molecule has 6 heteroatoms. The molecule has 0 saturated heterocycles. The lowest BCUT2D eigenvalue weighted by atomic mass is 10.3. The van der Waals surface area contributed by atoms with Crippen LogP contribution in [-0.4, -0.2) is 41.1 Å². The lowest BCUT2D eigenvalue weighted by Crippen LogP contribution is -2.38. The van der Waals surface area contributed by atoms with Crippen LogP contribution in [0.2, 0.25) is 0 Å². The van der Waals surface area contributed by atoms with E-state index >= 15 is 0 Å². The van der Waals surface area contributed by atoms with Crippen molar-refractivity contribution in [2.75, 3.05) is 13.2 Å². The molecule has 0 atom stereocenters. The fourth-order valence-electron chi connectivity index (χ4n) is 1.57. The van der Waals surface area contributed by atoms with Gasteiger partial charge in [0.1, 0.15) is 6.54 Å². The van der Waals surface area contributed by atoms with E-state index < -0.39 is 5.97 Å². The minimum absolute atomic E-state index is 0.0297. The predicted octanol–water partition coefficient (Wildman–Crippen LogP) is 0.842. The normalized spacial score (nSPS) is 14.4. The molecule has 2 rings (SSSR count). The number of rotatable bonds is 5. The van der Waals surface area contributed by atoms with E-state index in [9.17, 15) is 9.59 Å². The number of esters is 1. The molecule has 0 aromatic carbocycles. The Hall–Kier alpha value is -1.85. The Balaban J connectivity index is 2.02. The van der Waals surface area contributed by atoms with E-state index in [1.807, 2.05) is 0 Å². The molecule has 1 aliphatic carbocycles. The van der Waals surface area contributed by atoms with Crippen LogP contribution < -0.4 is 0 Å². The zero-order valence-electron chi connectivity index (χ0n) is 9.59. The summed E-state index contributed by atoms with van der Waals surface area (Å²) in [6.07, 6.45) is 3.24. The monoisotopic (exact) mass is 238 g/mol. The average Bonchev–Trinajstić information content (AvgIpc) is 3.00. The lowest BCUT2D eigenvalue weighted by Gasteiger charge is -2.19. The zero-order valence-corrected chi connectivity index (χ0v) is 9.59. The molecule has 1 aromatic rings. The van der Waals surface area contributed by atoms with Crippen LogP contribution in [0.1, 0.15) is 30.3 Å². The van der Waals surface area contributed by atoms with E-state index in [0.717, 1.165) is 12.8 Å². The van der Waals surface area contributed by atoms with Gasteiger partial charge in [0.2, 0.25) is 5.76 Å². The molecule has 17 heavy (non-hydrogen) atoms. The van der Waals surface area contributed by atoms with Crippen LogP contribution in [0.15, 0.2) is 16.8 Å². The lowest BCUT2D eigenvalue weighted by molar-refractivity contribution is -0.144. The van der Waals surface area contributed by atoms with E-state index in [4.69, 9.17) is 9.26 Å². The topological polar surface area (TPSA) is 72.6 Å². The van der Waals surface area contributed by atoms with Gasteiger partial charge in [-0.3, -0.25) is 9.59 Å². The number of hydrogen-bond acceptors (Lipinski definition) is 5. The first-order valence-corrected chi connectivity index (χ1v) is 5.59. The highest BCUT2D eigenvalue weighted by Crippen LogP contribution is 2.28. The molecule has 0 aliphatic heterocycles. The summed E-state index contributed by atoms with van der Waals surface area (Å²) < 4.78 is 9.64. The summed E-state index contributed by atoms with van der Waals surface area (Å²) in [5.41, 5.74) is 0. The van der Waals surface area contributed by atoms with Crippen LogP contribution >= 0.6 is 0 Å². The van der Waals surface area contributed by atoms with E-state index in [1.54, 1.807) is 6.92 Å². The maximum Gasteiger partial charge on any atom is 0.325 e. The molecule has 1 saturated carbocycles. The van der Waals surface area contributed by atoms with Crippen LogP contribution in [0.4, 0.5) is 0 Å². The fraction of sp³-hybridized carbons (Fsp3) is 0.545. The summed E-state index contributed by atoms with van der Waals surface area (Å²) in [6, 6.07) is 1.61. The Morgan fingerprint density at radius 1 is 1.59 bits per heavy atom. The molecule has 0 spiro atoms. The van der Waals surface area contributed by atoms with Gasteiger partial charge in [-0.25, -0.2) is 0 Å². The zero-order chi connectivity index (χ0) is 12.3. The largest absolute Gasteiger partial charge is 0.465 e. The third-order valence-corrected chi connectivity index (χ3v) is 2.50. The maximum absolute atomic E-state index is 12.0. The SMILES string of the molecule is CCOC(=O)CN(C(=O)c1ccno1)C1CC1. The van der Waals surface area contributed by atoms with Crippen LogP contribution in [0.3, 0.4) is 0 Å². The molecule has 0 N–H and O–H groups in total. The molecular weight excluding hydrogens is 224 g/mol. The predicted molar refractivity (Wildman–Crippen MR) is 57.2 cm³/mol. The quantitative estimate of drug-likeness (QED) is 0.711. The number of carbonyl (C=O) groups excluding carboxylic acids is 2. The van der Waals surface area contributed by atoms with Crippen molar-refractivity contribution in [2.45, 2.75) is 25.8 Å². The minimum atomic E-state index is -0.396. The molecule has 1 fully saturated rings. The maximum atomic E-state index is 12.0. The molecule has 1 amide bonds. The van der Waals surface area contributed by atoms with Crippen molar-refractivity contribution in [3.8, 4) is 0 Å². The van der Waals surface area contributed by atoms with Gasteiger partial charge in [0.05, 0.1) is 12.8 Å². The number of hydrogen-bond donors (Lipinski definition) is 0. The highest BCUT2D eigenvalue weighted by Gasteiger charge is 2.35. The molecule has 0 unspecified atom stereocenters. The number of nitrogens with zero attached hydrogens (tertiary/aromatic N) is 2. The van der Waals surface area contributed by atoms with Gasteiger partial charge in [-0.2, -0.15) is 0 Å². The number of ether oxygens (including phenoxy) is 1. The van der Waals surface area contributed by atoms with Crippen molar-refractivity contribution in [3.05, 3.63) is 18.0 Å². The molecule has 92 valence electrons. The van der Waals surface area contributed by atoms with Crippen LogP contribution in [0.5, 0.6) is 0 Å². The van der Waals surface area contributed by atoms with E-state index in [-0.39, 0.29) is 24.3 Å². The summed E-state index contributed by atoms with van der Waals surface area (Å²) in [7, 11) is 0. The van der Waals surface area contributed by atoms with Gasteiger partial charge in [0, 0.05) is 12.1 Å². The minimum Gasteiger partial charge on any atom is -0.465 e. The van der Waals surface area contributed by atoms with Crippen molar-refractivity contribution in [2.24, 2.45) is 0 Å². The third kappa shape index (κ3) is 2.83. The Bertz CT molecular complexity index is 398. The molecule has 1 aliphatic rings. The fourth-order valence-corrected chi connectivity index (χ4v) is 1.57. The molecule has 1 aromatic heterocycles. The van der Waals surface area contributed by atoms with Gasteiger partial charge in [-0.15, -0.1) is 0 Å². The van der Waals surface area contributed by atoms with Crippen molar-refractivity contribution < 1.29 is 18.8 Å². The standard InChI is InChI=1S/C11H14N2O4/c1-2-16-10(14)7-13(8-3-4-8)11(15)9-5-6-12-17-9/h5-6,8H,2-4,7H2,1H3. The van der Waals surface area contributed by atoms with E-state index in [1.165, 1.54) is 17.2 Å². The van der Waals surface area contributed by atoms with Gasteiger partial charge in [0.15, 0.2) is 0 Å². The van der Waals surface area contributed by atoms with Gasteiger partial charge in [-0.05, 0) is 19.8 Å². The Kier molecular flexibility index (Phi) is 3.41. The van der Waals surface area contributed by atoms with E-state index in [2.05, 4.69) is 5.16 Å². The summed E-state index contributed by atoms with van der Waals surface area (Å²) in [5, 5.41) is 3.48. The molecule has 0 radical (unpaired) electrons. The summed E-state index contributed by atoms with van der Waals surface area (Å²) >= 11 is 0. The van der Waals surface area contributed by atoms with Crippen LogP contribution in [0, 0.1) is 0 Å². The second-order valence-corrected chi connectivity index (χ2v) is 3.85. The van der Waals surface area contributed by atoms with Gasteiger partial charge in [0.25, 0.3) is 5.91 Å². The second-order valence-electron chi connectivity index (χ2n) is 3.85. The smallest absolute Gasteiger partial charge is 0.325 e. The van der Waals surface area contributed by atoms with Crippen LogP contribution in [0.25, 0.3) is 0 Å². The van der Waals surface area contributed by atoms with Crippen molar-refractivity contribution in [3.63, 3.8) is 0 Å². The number of carbonyl (C=O) groups is 2. The molecule has 0 bridgehead atoms. The molecule has 6 nitrogen and oxygen atoms in total. The first kappa shape index (κ1) is 11.6. The first-order chi connectivity index (χ1) is 8.22. The van der Waals surface area contributed by atoms with Crippen LogP contribution in [-0.2, 0) is 9.53 Å². The summed E-state index contributed by atoms with van der Waals surface area (Å²) in [6.45, 7) is 2.02. The highest BCUT2D eigenvalue weighted by atomic mass is 16.5. The average molecular weight is 238 g/mol. The van der Waals surface area contributed by atoms with Gasteiger partial charge >= 0.3 is 5.97 Å². The second kappa shape index (κ2) is 4.99. The van der Waals surface area contributed by atoms with E-state index in [0.29, 0.717) is 6.61 Å². The Morgan fingerprint density at radius 3 is 2.88 bits per heavy atom. The summed E-state index contributed by atoms with van der Waals surface area (Å²) in [4.78, 5) is 24.9.